The van der Waals surface area contributed by atoms with E-state index in [2.05, 4.69) is 9.88 Å². The number of piperazine rings is 1. The number of carbonyl (C=O) groups excluding carboxylic acids is 2. The number of carbonyl (C=O) groups is 2. The minimum atomic E-state index is 0.0107. The van der Waals surface area contributed by atoms with E-state index in [1.54, 1.807) is 17.1 Å². The number of piperidine rings is 1. The number of aromatic nitrogens is 3. The molecular formula is C32H34N6O2. The summed E-state index contributed by atoms with van der Waals surface area (Å²) in [7, 11) is 1.87. The average Bonchev–Trinajstić information content (AvgIpc) is 3.47. The Bertz CT molecular complexity index is 1410. The molecule has 2 aromatic carbocycles. The van der Waals surface area contributed by atoms with E-state index in [0.717, 1.165) is 61.5 Å². The van der Waals surface area contributed by atoms with E-state index < -0.39 is 0 Å². The van der Waals surface area contributed by atoms with E-state index in [4.69, 9.17) is 4.98 Å². The van der Waals surface area contributed by atoms with Gasteiger partial charge in [0.15, 0.2) is 0 Å². The fraction of sp³-hybridized carbons (Fsp3) is 0.312. The fourth-order valence-corrected chi connectivity index (χ4v) is 5.76. The lowest BCUT2D eigenvalue weighted by Crippen LogP contribution is -2.54. The predicted octanol–water partition coefficient (Wildman–Crippen LogP) is 4.21. The molecule has 0 unspecified atom stereocenters. The van der Waals surface area contributed by atoms with Crippen LogP contribution in [0.15, 0.2) is 85.3 Å². The van der Waals surface area contributed by atoms with Crippen molar-refractivity contribution < 1.29 is 9.59 Å². The molecule has 0 atom stereocenters. The third-order valence-corrected chi connectivity index (χ3v) is 8.00. The maximum Gasteiger partial charge on any atom is 0.274 e. The quantitative estimate of drug-likeness (QED) is 0.384. The second-order valence-electron chi connectivity index (χ2n) is 10.6. The predicted molar refractivity (Wildman–Crippen MR) is 155 cm³/mol. The van der Waals surface area contributed by atoms with Gasteiger partial charge in [-0.3, -0.25) is 14.5 Å². The van der Waals surface area contributed by atoms with Crippen molar-refractivity contribution in [2.24, 2.45) is 7.05 Å². The van der Waals surface area contributed by atoms with Crippen LogP contribution >= 0.6 is 0 Å². The smallest absolute Gasteiger partial charge is 0.274 e. The number of nitrogens with zero attached hydrogens (tertiary/aromatic N) is 6. The second-order valence-corrected chi connectivity index (χ2v) is 10.6. The number of rotatable bonds is 5. The standard InChI is InChI=1S/C32H34N6O2/c1-35-22-30(33-23-35)32(40)37-14-12-27(13-15-37)36-16-18-38(19-17-36)31(39)26-20-28(24-8-4-2-5-9-24)34-29(21-26)25-10-6-3-7-11-25/h2-11,20-23,27H,12-19H2,1H3. The molecule has 2 aliphatic heterocycles. The van der Waals surface area contributed by atoms with Crippen molar-refractivity contribution in [2.45, 2.75) is 18.9 Å². The normalized spacial score (nSPS) is 16.7. The molecule has 2 saturated heterocycles. The zero-order chi connectivity index (χ0) is 27.5. The number of benzene rings is 2. The fourth-order valence-electron chi connectivity index (χ4n) is 5.76. The van der Waals surface area contributed by atoms with Crippen LogP contribution in [0.4, 0.5) is 0 Å². The number of aryl methyl sites for hydroxylation is 1. The Morgan fingerprint density at radius 1 is 0.725 bits per heavy atom. The van der Waals surface area contributed by atoms with Crippen molar-refractivity contribution >= 4 is 11.8 Å². The molecular weight excluding hydrogens is 500 g/mol. The molecule has 2 aromatic heterocycles. The van der Waals surface area contributed by atoms with Crippen LogP contribution in [-0.2, 0) is 7.05 Å². The van der Waals surface area contributed by atoms with Gasteiger partial charge in [-0.1, -0.05) is 60.7 Å². The van der Waals surface area contributed by atoms with Gasteiger partial charge in [-0.15, -0.1) is 0 Å². The van der Waals surface area contributed by atoms with Crippen LogP contribution in [0, 0.1) is 0 Å². The molecule has 204 valence electrons. The topological polar surface area (TPSA) is 74.6 Å². The van der Waals surface area contributed by atoms with Gasteiger partial charge in [0.05, 0.1) is 17.7 Å². The molecule has 8 heteroatoms. The Morgan fingerprint density at radius 3 is 1.80 bits per heavy atom. The maximum absolute atomic E-state index is 13.7. The average molecular weight is 535 g/mol. The summed E-state index contributed by atoms with van der Waals surface area (Å²) in [5.41, 5.74) is 4.77. The van der Waals surface area contributed by atoms with Crippen molar-refractivity contribution in [3.05, 3.63) is 96.6 Å². The van der Waals surface area contributed by atoms with E-state index in [0.29, 0.717) is 30.4 Å². The van der Waals surface area contributed by atoms with Crippen LogP contribution in [0.25, 0.3) is 22.5 Å². The van der Waals surface area contributed by atoms with E-state index in [1.807, 2.05) is 89.6 Å². The zero-order valence-corrected chi connectivity index (χ0v) is 22.8. The van der Waals surface area contributed by atoms with E-state index in [1.165, 1.54) is 0 Å². The third-order valence-electron chi connectivity index (χ3n) is 8.00. The summed E-state index contributed by atoms with van der Waals surface area (Å²) < 4.78 is 1.80. The van der Waals surface area contributed by atoms with E-state index >= 15 is 0 Å². The van der Waals surface area contributed by atoms with Crippen molar-refractivity contribution in [3.63, 3.8) is 0 Å². The summed E-state index contributed by atoms with van der Waals surface area (Å²) in [5, 5.41) is 0. The Balaban J connectivity index is 1.11. The Labute approximate surface area is 234 Å². The molecule has 4 heterocycles. The van der Waals surface area contributed by atoms with Crippen molar-refractivity contribution in [2.75, 3.05) is 39.3 Å². The highest BCUT2D eigenvalue weighted by Gasteiger charge is 2.31. The highest BCUT2D eigenvalue weighted by Crippen LogP contribution is 2.26. The van der Waals surface area contributed by atoms with E-state index in [9.17, 15) is 9.59 Å². The number of hydrogen-bond donors (Lipinski definition) is 0. The number of amides is 2. The maximum atomic E-state index is 13.7. The summed E-state index contributed by atoms with van der Waals surface area (Å²) in [5.74, 6) is 0.0590. The van der Waals surface area contributed by atoms with Gasteiger partial charge in [0.25, 0.3) is 11.8 Å². The molecule has 0 aliphatic carbocycles. The Morgan fingerprint density at radius 2 is 1.27 bits per heavy atom. The monoisotopic (exact) mass is 534 g/mol. The molecule has 2 aliphatic rings. The lowest BCUT2D eigenvalue weighted by molar-refractivity contribution is 0.0410. The first kappa shape index (κ1) is 26.0. The molecule has 0 spiro atoms. The van der Waals surface area contributed by atoms with Crippen molar-refractivity contribution in [1.29, 1.82) is 0 Å². The first-order chi connectivity index (χ1) is 19.5. The number of pyridine rings is 1. The first-order valence-corrected chi connectivity index (χ1v) is 14.0. The van der Waals surface area contributed by atoms with E-state index in [-0.39, 0.29) is 11.8 Å². The number of likely N-dealkylation sites (tertiary alicyclic amines) is 1. The summed E-state index contributed by atoms with van der Waals surface area (Å²) in [6.45, 7) is 4.53. The molecule has 0 N–H and O–H groups in total. The van der Waals surface area contributed by atoms with Gasteiger partial charge in [0.1, 0.15) is 5.69 Å². The molecule has 2 amide bonds. The van der Waals surface area contributed by atoms with Crippen molar-refractivity contribution in [1.82, 2.24) is 29.2 Å². The van der Waals surface area contributed by atoms with Gasteiger partial charge in [0, 0.05) is 75.2 Å². The van der Waals surface area contributed by atoms with Gasteiger partial charge in [-0.25, -0.2) is 9.97 Å². The molecule has 40 heavy (non-hydrogen) atoms. The molecule has 6 rings (SSSR count). The lowest BCUT2D eigenvalue weighted by Gasteiger charge is -2.42. The highest BCUT2D eigenvalue weighted by atomic mass is 16.2. The van der Waals surface area contributed by atoms with Crippen LogP contribution in [0.3, 0.4) is 0 Å². The van der Waals surface area contributed by atoms with Crippen LogP contribution in [-0.4, -0.2) is 86.4 Å². The molecule has 8 nitrogen and oxygen atoms in total. The molecule has 0 bridgehead atoms. The molecule has 0 radical (unpaired) electrons. The lowest BCUT2D eigenvalue weighted by atomic mass is 10.0. The molecule has 0 saturated carbocycles. The van der Waals surface area contributed by atoms with Gasteiger partial charge in [0.2, 0.25) is 0 Å². The summed E-state index contributed by atoms with van der Waals surface area (Å²) >= 11 is 0. The van der Waals surface area contributed by atoms with Crippen molar-refractivity contribution in [3.8, 4) is 22.5 Å². The minimum Gasteiger partial charge on any atom is -0.340 e. The van der Waals surface area contributed by atoms with Crippen LogP contribution in [0.1, 0.15) is 33.7 Å². The largest absolute Gasteiger partial charge is 0.340 e. The second kappa shape index (κ2) is 11.4. The van der Waals surface area contributed by atoms with Gasteiger partial charge in [-0.05, 0) is 25.0 Å². The summed E-state index contributed by atoms with van der Waals surface area (Å²) in [4.78, 5) is 42.0. The van der Waals surface area contributed by atoms with Crippen LogP contribution < -0.4 is 0 Å². The Kier molecular flexibility index (Phi) is 7.42. The summed E-state index contributed by atoms with van der Waals surface area (Å²) in [6, 6.07) is 24.3. The third kappa shape index (κ3) is 5.53. The van der Waals surface area contributed by atoms with Gasteiger partial charge in [-0.2, -0.15) is 0 Å². The molecule has 4 aromatic rings. The Hall–Kier alpha value is -4.30. The van der Waals surface area contributed by atoms with Gasteiger partial charge < -0.3 is 14.4 Å². The number of imidazole rings is 1. The SMILES string of the molecule is Cn1cnc(C(=O)N2CCC(N3CCN(C(=O)c4cc(-c5ccccc5)nc(-c5ccccc5)c4)CC3)CC2)c1. The highest BCUT2D eigenvalue weighted by molar-refractivity contribution is 5.96. The van der Waals surface area contributed by atoms with Crippen LogP contribution in [0.2, 0.25) is 0 Å². The zero-order valence-electron chi connectivity index (χ0n) is 22.8. The minimum absolute atomic E-state index is 0.0107. The number of hydrogen-bond acceptors (Lipinski definition) is 5. The van der Waals surface area contributed by atoms with Crippen LogP contribution in [0.5, 0.6) is 0 Å². The first-order valence-electron chi connectivity index (χ1n) is 14.0. The summed E-state index contributed by atoms with van der Waals surface area (Å²) in [6.07, 6.45) is 5.33. The van der Waals surface area contributed by atoms with Gasteiger partial charge >= 0.3 is 0 Å². The molecule has 2 fully saturated rings.